The van der Waals surface area contributed by atoms with E-state index in [1.54, 1.807) is 12.1 Å². The molecule has 0 spiro atoms. The molecule has 4 rings (SSSR count). The zero-order valence-corrected chi connectivity index (χ0v) is 16.2. The topological polar surface area (TPSA) is 9.23 Å². The molecule has 0 heterocycles. The van der Waals surface area contributed by atoms with Crippen LogP contribution in [-0.4, -0.2) is 6.61 Å². The summed E-state index contributed by atoms with van der Waals surface area (Å²) in [5.41, 5.74) is 3.52. The fourth-order valence-electron chi connectivity index (χ4n) is 3.18. The Hall–Kier alpha value is -3.71. The van der Waals surface area contributed by atoms with Gasteiger partial charge < -0.3 is 4.74 Å². The van der Waals surface area contributed by atoms with E-state index in [-0.39, 0.29) is 10.8 Å². The molecule has 0 atom stereocenters. The summed E-state index contributed by atoms with van der Waals surface area (Å²) in [6.07, 6.45) is 0. The van der Waals surface area contributed by atoms with Gasteiger partial charge in [0, 0.05) is 16.5 Å². The summed E-state index contributed by atoms with van der Waals surface area (Å²) in [6, 6.07) is 21.2. The molecule has 30 heavy (non-hydrogen) atoms. The summed E-state index contributed by atoms with van der Waals surface area (Å²) in [5.74, 6) is 2.99. The number of hydrogen-bond donors (Lipinski definition) is 0. The Kier molecular flexibility index (Phi) is 5.45. The molecule has 0 aliphatic carbocycles. The van der Waals surface area contributed by atoms with Crippen molar-refractivity contribution < 1.29 is 17.9 Å². The fourth-order valence-corrected chi connectivity index (χ4v) is 3.18. The SMILES string of the molecule is CCOc1ccc(-c2ccc(C#Cc3ccc4c(F)c(F)c(F)cc4c3)cc2)cc1. The second-order valence-electron chi connectivity index (χ2n) is 6.71. The van der Waals surface area contributed by atoms with E-state index in [2.05, 4.69) is 11.8 Å². The average Bonchev–Trinajstić information content (AvgIpc) is 2.77. The van der Waals surface area contributed by atoms with E-state index < -0.39 is 17.5 Å². The molecule has 4 heteroatoms. The standard InChI is InChI=1S/C26H17F3O/c1-2-30-22-12-10-20(11-13-22)19-8-5-17(6-9-19)3-4-18-7-14-23-21(15-18)16-24(27)26(29)25(23)28/h5-16H,2H2,1H3. The average molecular weight is 402 g/mol. The van der Waals surface area contributed by atoms with Gasteiger partial charge in [-0.3, -0.25) is 0 Å². The van der Waals surface area contributed by atoms with Gasteiger partial charge in [0.25, 0.3) is 0 Å². The van der Waals surface area contributed by atoms with Gasteiger partial charge in [-0.15, -0.1) is 0 Å². The van der Waals surface area contributed by atoms with E-state index in [1.807, 2.05) is 55.5 Å². The third kappa shape index (κ3) is 4.01. The Balaban J connectivity index is 1.56. The van der Waals surface area contributed by atoms with Crippen LogP contribution >= 0.6 is 0 Å². The Bertz CT molecular complexity index is 1260. The van der Waals surface area contributed by atoms with Crippen LogP contribution in [0.4, 0.5) is 13.2 Å². The van der Waals surface area contributed by atoms with Crippen LogP contribution in [0.2, 0.25) is 0 Å². The van der Waals surface area contributed by atoms with E-state index in [0.717, 1.165) is 28.5 Å². The number of fused-ring (bicyclic) bond motifs is 1. The predicted molar refractivity (Wildman–Crippen MR) is 113 cm³/mol. The predicted octanol–water partition coefficient (Wildman–Crippen LogP) is 6.72. The molecule has 0 bridgehead atoms. The lowest BCUT2D eigenvalue weighted by Gasteiger charge is -2.05. The van der Waals surface area contributed by atoms with Crippen molar-refractivity contribution in [2.75, 3.05) is 6.61 Å². The minimum absolute atomic E-state index is 0.0270. The molecule has 0 N–H and O–H groups in total. The molecular formula is C26H17F3O. The summed E-state index contributed by atoms with van der Waals surface area (Å²) < 4.78 is 46.1. The minimum Gasteiger partial charge on any atom is -0.494 e. The lowest BCUT2D eigenvalue weighted by Crippen LogP contribution is -1.92. The number of ether oxygens (including phenoxy) is 1. The first-order chi connectivity index (χ1) is 14.5. The highest BCUT2D eigenvalue weighted by molar-refractivity contribution is 5.84. The van der Waals surface area contributed by atoms with Crippen molar-refractivity contribution in [3.63, 3.8) is 0 Å². The van der Waals surface area contributed by atoms with Gasteiger partial charge >= 0.3 is 0 Å². The first kappa shape index (κ1) is 19.6. The maximum atomic E-state index is 13.8. The first-order valence-corrected chi connectivity index (χ1v) is 9.47. The normalized spacial score (nSPS) is 10.5. The van der Waals surface area contributed by atoms with E-state index in [1.165, 1.54) is 6.07 Å². The van der Waals surface area contributed by atoms with E-state index in [0.29, 0.717) is 12.2 Å². The Morgan fingerprint density at radius 1 is 0.700 bits per heavy atom. The summed E-state index contributed by atoms with van der Waals surface area (Å²) >= 11 is 0. The molecule has 4 aromatic carbocycles. The largest absolute Gasteiger partial charge is 0.494 e. The summed E-state index contributed by atoms with van der Waals surface area (Å²) in [4.78, 5) is 0. The molecule has 0 saturated carbocycles. The van der Waals surface area contributed by atoms with Gasteiger partial charge in [0.1, 0.15) is 5.75 Å². The van der Waals surface area contributed by atoms with Crippen LogP contribution in [0.25, 0.3) is 21.9 Å². The summed E-state index contributed by atoms with van der Waals surface area (Å²) in [5, 5.41) is 0.295. The quantitative estimate of drug-likeness (QED) is 0.273. The van der Waals surface area contributed by atoms with Gasteiger partial charge in [0.2, 0.25) is 0 Å². The smallest absolute Gasteiger partial charge is 0.195 e. The van der Waals surface area contributed by atoms with Crippen molar-refractivity contribution in [3.05, 3.63) is 101 Å². The molecule has 0 radical (unpaired) electrons. The molecule has 0 amide bonds. The maximum absolute atomic E-state index is 13.8. The Morgan fingerprint density at radius 3 is 1.97 bits per heavy atom. The summed E-state index contributed by atoms with van der Waals surface area (Å²) in [6.45, 7) is 2.58. The van der Waals surface area contributed by atoms with E-state index >= 15 is 0 Å². The van der Waals surface area contributed by atoms with E-state index in [4.69, 9.17) is 4.74 Å². The molecule has 0 aromatic heterocycles. The van der Waals surface area contributed by atoms with Crippen LogP contribution in [0.1, 0.15) is 18.1 Å². The number of benzene rings is 4. The molecule has 1 nitrogen and oxygen atoms in total. The van der Waals surface area contributed by atoms with Gasteiger partial charge in [-0.25, -0.2) is 13.2 Å². The number of hydrogen-bond acceptors (Lipinski definition) is 1. The van der Waals surface area contributed by atoms with Crippen LogP contribution in [0.3, 0.4) is 0 Å². The third-order valence-corrected chi connectivity index (χ3v) is 4.71. The van der Waals surface area contributed by atoms with Crippen LogP contribution in [0.5, 0.6) is 5.75 Å². The first-order valence-electron chi connectivity index (χ1n) is 9.47. The zero-order valence-electron chi connectivity index (χ0n) is 16.2. The second kappa shape index (κ2) is 8.34. The lowest BCUT2D eigenvalue weighted by molar-refractivity contribution is 0.340. The van der Waals surface area contributed by atoms with Gasteiger partial charge in [-0.1, -0.05) is 42.2 Å². The highest BCUT2D eigenvalue weighted by Crippen LogP contribution is 2.25. The molecule has 148 valence electrons. The minimum atomic E-state index is -1.46. The van der Waals surface area contributed by atoms with Crippen LogP contribution in [-0.2, 0) is 0 Å². The van der Waals surface area contributed by atoms with Crippen molar-refractivity contribution >= 4 is 10.8 Å². The molecule has 0 saturated heterocycles. The monoisotopic (exact) mass is 402 g/mol. The maximum Gasteiger partial charge on any atom is 0.195 e. The molecule has 0 unspecified atom stereocenters. The summed E-state index contributed by atoms with van der Waals surface area (Å²) in [7, 11) is 0. The van der Waals surface area contributed by atoms with Crippen molar-refractivity contribution in [3.8, 4) is 28.7 Å². The molecule has 0 aliphatic heterocycles. The van der Waals surface area contributed by atoms with Crippen molar-refractivity contribution in [2.24, 2.45) is 0 Å². The van der Waals surface area contributed by atoms with Crippen LogP contribution < -0.4 is 4.74 Å². The number of halogens is 3. The molecule has 4 aromatic rings. The van der Waals surface area contributed by atoms with Gasteiger partial charge in [-0.2, -0.15) is 0 Å². The lowest BCUT2D eigenvalue weighted by atomic mass is 10.0. The van der Waals surface area contributed by atoms with Crippen molar-refractivity contribution in [2.45, 2.75) is 6.92 Å². The van der Waals surface area contributed by atoms with Gasteiger partial charge in [0.05, 0.1) is 6.61 Å². The third-order valence-electron chi connectivity index (χ3n) is 4.71. The highest BCUT2D eigenvalue weighted by atomic mass is 19.2. The zero-order chi connectivity index (χ0) is 21.1. The van der Waals surface area contributed by atoms with Gasteiger partial charge in [-0.05, 0) is 65.9 Å². The van der Waals surface area contributed by atoms with Crippen LogP contribution in [0, 0.1) is 29.3 Å². The molecule has 0 fully saturated rings. The van der Waals surface area contributed by atoms with Crippen molar-refractivity contribution in [1.29, 1.82) is 0 Å². The molecule has 0 aliphatic rings. The highest BCUT2D eigenvalue weighted by Gasteiger charge is 2.13. The Morgan fingerprint density at radius 2 is 1.30 bits per heavy atom. The number of rotatable bonds is 3. The van der Waals surface area contributed by atoms with Crippen molar-refractivity contribution in [1.82, 2.24) is 0 Å². The Labute approximate surface area is 172 Å². The van der Waals surface area contributed by atoms with Gasteiger partial charge in [0.15, 0.2) is 17.5 Å². The second-order valence-corrected chi connectivity index (χ2v) is 6.71. The fraction of sp³-hybridized carbons (Fsp3) is 0.0769. The van der Waals surface area contributed by atoms with E-state index in [9.17, 15) is 13.2 Å². The molecular weight excluding hydrogens is 385 g/mol. The van der Waals surface area contributed by atoms with Crippen LogP contribution in [0.15, 0.2) is 72.8 Å².